The van der Waals surface area contributed by atoms with E-state index in [1.165, 1.54) is 4.90 Å². The van der Waals surface area contributed by atoms with E-state index in [1.54, 1.807) is 12.0 Å². The van der Waals surface area contributed by atoms with Crippen LogP contribution in [-0.2, 0) is 27.5 Å². The van der Waals surface area contributed by atoms with Crippen molar-refractivity contribution < 1.29 is 19.1 Å². The SMILES string of the molecule is COc1cccc(CNC(=O)CCN2CCN(Cc3ccccc3)C(=O)C2=O)c1. The highest BCUT2D eigenvalue weighted by atomic mass is 16.5. The molecule has 0 saturated carbocycles. The Bertz CT molecular complexity index is 869. The third-order valence-electron chi connectivity index (χ3n) is 4.85. The lowest BCUT2D eigenvalue weighted by Gasteiger charge is -2.33. The fraction of sp³-hybridized carbons (Fsp3) is 0.318. The fourth-order valence-electron chi connectivity index (χ4n) is 3.19. The van der Waals surface area contributed by atoms with Crippen molar-refractivity contribution >= 4 is 17.7 Å². The molecule has 7 heteroatoms. The minimum atomic E-state index is -0.548. The van der Waals surface area contributed by atoms with E-state index in [0.717, 1.165) is 16.9 Å². The van der Waals surface area contributed by atoms with Crippen molar-refractivity contribution in [3.63, 3.8) is 0 Å². The zero-order valence-corrected chi connectivity index (χ0v) is 16.5. The largest absolute Gasteiger partial charge is 0.497 e. The van der Waals surface area contributed by atoms with Gasteiger partial charge in [-0.15, -0.1) is 0 Å². The zero-order chi connectivity index (χ0) is 20.6. The summed E-state index contributed by atoms with van der Waals surface area (Å²) in [7, 11) is 1.59. The Kier molecular flexibility index (Phi) is 6.84. The van der Waals surface area contributed by atoms with Gasteiger partial charge in [-0.1, -0.05) is 42.5 Å². The van der Waals surface area contributed by atoms with Gasteiger partial charge in [0, 0.05) is 39.1 Å². The van der Waals surface area contributed by atoms with Crippen molar-refractivity contribution in [1.82, 2.24) is 15.1 Å². The molecule has 2 aromatic rings. The van der Waals surface area contributed by atoms with Crippen LogP contribution in [0.25, 0.3) is 0 Å². The van der Waals surface area contributed by atoms with E-state index < -0.39 is 11.8 Å². The number of rotatable bonds is 8. The highest BCUT2D eigenvalue weighted by molar-refractivity contribution is 6.35. The highest BCUT2D eigenvalue weighted by Gasteiger charge is 2.32. The Balaban J connectivity index is 1.44. The van der Waals surface area contributed by atoms with Crippen LogP contribution in [-0.4, -0.2) is 54.3 Å². The summed E-state index contributed by atoms with van der Waals surface area (Å²) in [6, 6.07) is 17.0. The van der Waals surface area contributed by atoms with Crippen LogP contribution in [0.3, 0.4) is 0 Å². The predicted octanol–water partition coefficient (Wildman–Crippen LogP) is 1.57. The second kappa shape index (κ2) is 9.73. The summed E-state index contributed by atoms with van der Waals surface area (Å²) >= 11 is 0. The smallest absolute Gasteiger partial charge is 0.312 e. The molecule has 0 aliphatic carbocycles. The van der Waals surface area contributed by atoms with Crippen molar-refractivity contribution in [3.05, 3.63) is 65.7 Å². The van der Waals surface area contributed by atoms with Crippen molar-refractivity contribution in [1.29, 1.82) is 0 Å². The summed E-state index contributed by atoms with van der Waals surface area (Å²) in [4.78, 5) is 39.9. The average molecular weight is 395 g/mol. The van der Waals surface area contributed by atoms with E-state index in [4.69, 9.17) is 4.74 Å². The Morgan fingerprint density at radius 2 is 1.66 bits per heavy atom. The number of carbonyl (C=O) groups is 3. The molecule has 1 aliphatic rings. The van der Waals surface area contributed by atoms with E-state index in [1.807, 2.05) is 54.6 Å². The molecule has 152 valence electrons. The van der Waals surface area contributed by atoms with Crippen LogP contribution in [0.5, 0.6) is 5.75 Å². The molecule has 1 N–H and O–H groups in total. The third kappa shape index (κ3) is 5.57. The molecule has 1 fully saturated rings. The van der Waals surface area contributed by atoms with Crippen molar-refractivity contribution in [3.8, 4) is 5.75 Å². The van der Waals surface area contributed by atoms with Crippen LogP contribution < -0.4 is 10.1 Å². The first kappa shape index (κ1) is 20.4. The molecule has 3 amide bonds. The highest BCUT2D eigenvalue weighted by Crippen LogP contribution is 2.13. The van der Waals surface area contributed by atoms with Gasteiger partial charge in [0.15, 0.2) is 0 Å². The number of hydrogen-bond acceptors (Lipinski definition) is 4. The molecule has 0 bridgehead atoms. The topological polar surface area (TPSA) is 79.0 Å². The number of ether oxygens (including phenoxy) is 1. The summed E-state index contributed by atoms with van der Waals surface area (Å²) in [5.74, 6) is -0.501. The summed E-state index contributed by atoms with van der Waals surface area (Å²) in [5, 5.41) is 2.83. The molecule has 0 aromatic heterocycles. The maximum Gasteiger partial charge on any atom is 0.312 e. The monoisotopic (exact) mass is 395 g/mol. The summed E-state index contributed by atoms with van der Waals surface area (Å²) in [6.45, 7) is 1.92. The Labute approximate surface area is 170 Å². The van der Waals surface area contributed by atoms with Gasteiger partial charge in [-0.3, -0.25) is 14.4 Å². The minimum Gasteiger partial charge on any atom is -0.497 e. The molecule has 0 atom stereocenters. The standard InChI is InChI=1S/C22H25N3O4/c1-29-19-9-5-8-18(14-19)15-23-20(26)10-11-24-12-13-25(22(28)21(24)27)16-17-6-3-2-4-7-17/h2-9,14H,10-13,15-16H2,1H3,(H,23,26). The number of hydrogen-bond donors (Lipinski definition) is 1. The van der Waals surface area contributed by atoms with Crippen LogP contribution in [0.15, 0.2) is 54.6 Å². The van der Waals surface area contributed by atoms with Gasteiger partial charge in [0.25, 0.3) is 0 Å². The number of nitrogens with zero attached hydrogens (tertiary/aromatic N) is 2. The maximum absolute atomic E-state index is 12.4. The van der Waals surface area contributed by atoms with Gasteiger partial charge < -0.3 is 19.9 Å². The van der Waals surface area contributed by atoms with E-state index in [0.29, 0.717) is 26.2 Å². The molecule has 2 aromatic carbocycles. The second-order valence-electron chi connectivity index (χ2n) is 6.88. The van der Waals surface area contributed by atoms with Gasteiger partial charge in [-0.05, 0) is 23.3 Å². The maximum atomic E-state index is 12.4. The van der Waals surface area contributed by atoms with E-state index >= 15 is 0 Å². The number of amides is 3. The molecule has 0 unspecified atom stereocenters. The van der Waals surface area contributed by atoms with E-state index in [9.17, 15) is 14.4 Å². The van der Waals surface area contributed by atoms with Gasteiger partial charge in [0.05, 0.1) is 7.11 Å². The number of piperazine rings is 1. The van der Waals surface area contributed by atoms with Crippen LogP contribution in [0.4, 0.5) is 0 Å². The summed E-state index contributed by atoms with van der Waals surface area (Å²) in [6.07, 6.45) is 0.154. The van der Waals surface area contributed by atoms with Crippen molar-refractivity contribution in [2.45, 2.75) is 19.5 Å². The number of methoxy groups -OCH3 is 1. The Morgan fingerprint density at radius 3 is 2.41 bits per heavy atom. The van der Waals surface area contributed by atoms with Crippen molar-refractivity contribution in [2.75, 3.05) is 26.7 Å². The Hall–Kier alpha value is -3.35. The molecular formula is C22H25N3O4. The molecule has 0 radical (unpaired) electrons. The molecule has 0 spiro atoms. The lowest BCUT2D eigenvalue weighted by Crippen LogP contribution is -2.54. The quantitative estimate of drug-likeness (QED) is 0.689. The van der Waals surface area contributed by atoms with Crippen LogP contribution in [0, 0.1) is 0 Å². The molecule has 1 aliphatic heterocycles. The summed E-state index contributed by atoms with van der Waals surface area (Å²) in [5.41, 5.74) is 1.91. The van der Waals surface area contributed by atoms with Crippen molar-refractivity contribution in [2.24, 2.45) is 0 Å². The number of benzene rings is 2. The molecule has 3 rings (SSSR count). The zero-order valence-electron chi connectivity index (χ0n) is 16.5. The van der Waals surface area contributed by atoms with Gasteiger partial charge in [0.2, 0.25) is 5.91 Å². The minimum absolute atomic E-state index is 0.154. The van der Waals surface area contributed by atoms with Crippen LogP contribution in [0.1, 0.15) is 17.5 Å². The third-order valence-corrected chi connectivity index (χ3v) is 4.85. The molecule has 7 nitrogen and oxygen atoms in total. The predicted molar refractivity (Wildman–Crippen MR) is 108 cm³/mol. The Morgan fingerprint density at radius 1 is 0.966 bits per heavy atom. The summed E-state index contributed by atoms with van der Waals surface area (Å²) < 4.78 is 5.16. The number of carbonyl (C=O) groups excluding carboxylic acids is 3. The van der Waals surface area contributed by atoms with Gasteiger partial charge in [0.1, 0.15) is 5.75 Å². The molecule has 29 heavy (non-hydrogen) atoms. The molecule has 1 heterocycles. The van der Waals surface area contributed by atoms with Gasteiger partial charge in [-0.25, -0.2) is 0 Å². The first-order chi connectivity index (χ1) is 14.1. The van der Waals surface area contributed by atoms with E-state index in [-0.39, 0.29) is 18.9 Å². The van der Waals surface area contributed by atoms with Gasteiger partial charge >= 0.3 is 11.8 Å². The first-order valence-electron chi connectivity index (χ1n) is 9.58. The average Bonchev–Trinajstić information content (AvgIpc) is 2.76. The lowest BCUT2D eigenvalue weighted by atomic mass is 10.2. The normalized spacial score (nSPS) is 14.1. The lowest BCUT2D eigenvalue weighted by molar-refractivity contribution is -0.156. The molecule has 1 saturated heterocycles. The first-order valence-corrected chi connectivity index (χ1v) is 9.58. The number of nitrogens with one attached hydrogen (secondary N) is 1. The van der Waals surface area contributed by atoms with E-state index in [2.05, 4.69) is 5.32 Å². The molecular weight excluding hydrogens is 370 g/mol. The van der Waals surface area contributed by atoms with Crippen LogP contribution in [0.2, 0.25) is 0 Å². The van der Waals surface area contributed by atoms with Crippen LogP contribution >= 0.6 is 0 Å². The fourth-order valence-corrected chi connectivity index (χ4v) is 3.19. The second-order valence-corrected chi connectivity index (χ2v) is 6.88. The van der Waals surface area contributed by atoms with Gasteiger partial charge in [-0.2, -0.15) is 0 Å².